The van der Waals surface area contributed by atoms with E-state index in [9.17, 15) is 23.3 Å². The number of carbonyl (C=O) groups is 1. The first kappa shape index (κ1) is 20.9. The van der Waals surface area contributed by atoms with Crippen molar-refractivity contribution in [2.75, 3.05) is 4.72 Å². The Hall–Kier alpha value is -3.79. The van der Waals surface area contributed by atoms with Gasteiger partial charge in [-0.3, -0.25) is 24.6 Å². The second-order valence-corrected chi connectivity index (χ2v) is 8.10. The third kappa shape index (κ3) is 5.61. The highest BCUT2D eigenvalue weighted by Gasteiger charge is 2.18. The van der Waals surface area contributed by atoms with Gasteiger partial charge in [-0.2, -0.15) is 0 Å². The summed E-state index contributed by atoms with van der Waals surface area (Å²) in [6, 6.07) is 15.1. The molecule has 10 heteroatoms. The minimum Gasteiger partial charge on any atom is -0.348 e. The lowest BCUT2D eigenvalue weighted by Gasteiger charge is -2.13. The van der Waals surface area contributed by atoms with Gasteiger partial charge in [0.15, 0.2) is 0 Å². The van der Waals surface area contributed by atoms with Crippen LogP contribution in [0.4, 0.5) is 11.4 Å². The fourth-order valence-electron chi connectivity index (χ4n) is 2.73. The minimum atomic E-state index is -3.92. The Bertz CT molecular complexity index is 1170. The average molecular weight is 426 g/mol. The Kier molecular flexibility index (Phi) is 6.38. The summed E-state index contributed by atoms with van der Waals surface area (Å²) in [5.74, 6) is -0.923. The van der Waals surface area contributed by atoms with Gasteiger partial charge in [0.05, 0.1) is 21.9 Å². The summed E-state index contributed by atoms with van der Waals surface area (Å²) in [6.45, 7) is 0.238. The first-order valence-electron chi connectivity index (χ1n) is 8.84. The molecule has 0 spiro atoms. The fourth-order valence-corrected chi connectivity index (χ4v) is 3.94. The van der Waals surface area contributed by atoms with E-state index in [4.69, 9.17) is 0 Å². The van der Waals surface area contributed by atoms with Crippen LogP contribution in [-0.2, 0) is 22.3 Å². The predicted octanol–water partition coefficient (Wildman–Crippen LogP) is 2.86. The van der Waals surface area contributed by atoms with Crippen molar-refractivity contribution in [1.29, 1.82) is 0 Å². The maximum Gasteiger partial charge on any atom is 0.269 e. The van der Waals surface area contributed by atoms with Crippen molar-refractivity contribution >= 4 is 27.3 Å². The highest BCUT2D eigenvalue weighted by atomic mass is 32.2. The first-order valence-corrected chi connectivity index (χ1v) is 10.5. The summed E-state index contributed by atoms with van der Waals surface area (Å²) in [7, 11) is -3.92. The van der Waals surface area contributed by atoms with E-state index in [2.05, 4.69) is 15.0 Å². The molecule has 3 rings (SSSR count). The molecule has 0 fully saturated rings. The van der Waals surface area contributed by atoms with E-state index in [1.165, 1.54) is 36.4 Å². The third-order valence-corrected chi connectivity index (χ3v) is 5.34. The molecule has 2 N–H and O–H groups in total. The molecule has 0 aliphatic carbocycles. The van der Waals surface area contributed by atoms with Gasteiger partial charge in [0.1, 0.15) is 0 Å². The van der Waals surface area contributed by atoms with E-state index in [0.29, 0.717) is 0 Å². The van der Waals surface area contributed by atoms with Crippen LogP contribution in [0.15, 0.2) is 73.1 Å². The molecule has 0 saturated carbocycles. The SMILES string of the molecule is O=C(NCc1cccnc1)c1ccccc1NS(=O)(=O)Cc1cccc([N+](=O)[O-])c1. The summed E-state index contributed by atoms with van der Waals surface area (Å²) in [4.78, 5) is 26.8. The third-order valence-electron chi connectivity index (χ3n) is 4.09. The van der Waals surface area contributed by atoms with Gasteiger partial charge >= 0.3 is 0 Å². The van der Waals surface area contributed by atoms with Crippen LogP contribution in [0.5, 0.6) is 0 Å². The maximum absolute atomic E-state index is 12.6. The number of benzene rings is 2. The van der Waals surface area contributed by atoms with Crippen molar-refractivity contribution in [3.63, 3.8) is 0 Å². The number of anilines is 1. The molecule has 0 radical (unpaired) electrons. The number of sulfonamides is 1. The summed E-state index contributed by atoms with van der Waals surface area (Å²) in [5.41, 5.74) is 1.14. The van der Waals surface area contributed by atoms with Crippen LogP contribution in [-0.4, -0.2) is 24.2 Å². The van der Waals surface area contributed by atoms with Crippen molar-refractivity contribution in [3.05, 3.63) is 99.9 Å². The quantitative estimate of drug-likeness (QED) is 0.421. The minimum absolute atomic E-state index is 0.117. The van der Waals surface area contributed by atoms with Gasteiger partial charge in [0.25, 0.3) is 11.6 Å². The second kappa shape index (κ2) is 9.14. The highest BCUT2D eigenvalue weighted by Crippen LogP contribution is 2.20. The number of hydrogen-bond acceptors (Lipinski definition) is 6. The summed E-state index contributed by atoms with van der Waals surface area (Å²) < 4.78 is 27.6. The van der Waals surface area contributed by atoms with Gasteiger partial charge in [-0.05, 0) is 29.3 Å². The lowest BCUT2D eigenvalue weighted by Crippen LogP contribution is -2.25. The Balaban J connectivity index is 1.74. The average Bonchev–Trinajstić information content (AvgIpc) is 2.72. The number of nitro benzene ring substituents is 1. The van der Waals surface area contributed by atoms with E-state index >= 15 is 0 Å². The Labute approximate surface area is 173 Å². The van der Waals surface area contributed by atoms with Gasteiger partial charge in [0.2, 0.25) is 10.0 Å². The number of nitrogens with one attached hydrogen (secondary N) is 2. The van der Waals surface area contributed by atoms with Gasteiger partial charge in [-0.1, -0.05) is 30.3 Å². The molecule has 9 nitrogen and oxygen atoms in total. The van der Waals surface area contributed by atoms with Crippen LogP contribution in [0, 0.1) is 10.1 Å². The number of non-ortho nitro benzene ring substituents is 1. The molecule has 154 valence electrons. The number of aromatic nitrogens is 1. The van der Waals surface area contributed by atoms with E-state index in [1.54, 1.807) is 36.7 Å². The summed E-state index contributed by atoms with van der Waals surface area (Å²) in [6.07, 6.45) is 3.24. The zero-order valence-electron chi connectivity index (χ0n) is 15.7. The molecular formula is C20H18N4O5S. The van der Waals surface area contributed by atoms with Gasteiger partial charge in [-0.15, -0.1) is 0 Å². The molecule has 0 atom stereocenters. The maximum atomic E-state index is 12.6. The molecular weight excluding hydrogens is 408 g/mol. The number of amides is 1. The molecule has 0 aliphatic rings. The number of nitro groups is 1. The first-order chi connectivity index (χ1) is 14.3. The van der Waals surface area contributed by atoms with E-state index < -0.39 is 26.6 Å². The normalized spacial score (nSPS) is 10.9. The number of pyridine rings is 1. The molecule has 0 bridgehead atoms. The summed E-state index contributed by atoms with van der Waals surface area (Å²) >= 11 is 0. The molecule has 0 aliphatic heterocycles. The number of para-hydroxylation sites is 1. The Morgan fingerprint density at radius 1 is 1.03 bits per heavy atom. The topological polar surface area (TPSA) is 131 Å². The monoisotopic (exact) mass is 426 g/mol. The van der Waals surface area contributed by atoms with Crippen molar-refractivity contribution in [1.82, 2.24) is 10.3 Å². The molecule has 1 amide bonds. The van der Waals surface area contributed by atoms with Crippen LogP contribution >= 0.6 is 0 Å². The molecule has 3 aromatic rings. The van der Waals surface area contributed by atoms with E-state index in [0.717, 1.165) is 5.56 Å². The Morgan fingerprint density at radius 2 is 1.80 bits per heavy atom. The highest BCUT2D eigenvalue weighted by molar-refractivity contribution is 7.91. The van der Waals surface area contributed by atoms with Crippen molar-refractivity contribution in [2.45, 2.75) is 12.3 Å². The zero-order chi connectivity index (χ0) is 21.6. The summed E-state index contributed by atoms with van der Waals surface area (Å²) in [5, 5.41) is 13.6. The van der Waals surface area contributed by atoms with Gasteiger partial charge in [0, 0.05) is 31.1 Å². The van der Waals surface area contributed by atoms with Gasteiger partial charge in [-0.25, -0.2) is 8.42 Å². The second-order valence-electron chi connectivity index (χ2n) is 6.38. The number of nitrogens with zero attached hydrogens (tertiary/aromatic N) is 2. The lowest BCUT2D eigenvalue weighted by molar-refractivity contribution is -0.384. The number of rotatable bonds is 8. The Morgan fingerprint density at radius 3 is 2.53 bits per heavy atom. The predicted molar refractivity (Wildman–Crippen MR) is 111 cm³/mol. The van der Waals surface area contributed by atoms with Crippen LogP contribution in [0.1, 0.15) is 21.5 Å². The van der Waals surface area contributed by atoms with Crippen LogP contribution in [0.25, 0.3) is 0 Å². The largest absolute Gasteiger partial charge is 0.348 e. The molecule has 30 heavy (non-hydrogen) atoms. The molecule has 1 aromatic heterocycles. The van der Waals surface area contributed by atoms with E-state index in [1.807, 2.05) is 0 Å². The molecule has 2 aromatic carbocycles. The van der Waals surface area contributed by atoms with Crippen molar-refractivity contribution < 1.29 is 18.1 Å². The molecule has 0 saturated heterocycles. The number of hydrogen-bond donors (Lipinski definition) is 2. The fraction of sp³-hybridized carbons (Fsp3) is 0.100. The molecule has 1 heterocycles. The lowest BCUT2D eigenvalue weighted by atomic mass is 10.1. The molecule has 0 unspecified atom stereocenters. The zero-order valence-corrected chi connectivity index (χ0v) is 16.5. The van der Waals surface area contributed by atoms with Crippen molar-refractivity contribution in [3.8, 4) is 0 Å². The van der Waals surface area contributed by atoms with Crippen LogP contribution in [0.3, 0.4) is 0 Å². The van der Waals surface area contributed by atoms with Crippen LogP contribution < -0.4 is 10.0 Å². The van der Waals surface area contributed by atoms with Crippen LogP contribution in [0.2, 0.25) is 0 Å². The smallest absolute Gasteiger partial charge is 0.269 e. The standard InChI is InChI=1S/C20H18N4O5S/c25-20(22-13-16-6-4-10-21-12-16)18-8-1-2-9-19(18)23-30(28,29)14-15-5-3-7-17(11-15)24(26)27/h1-12,23H,13-14H2,(H,22,25). The number of carbonyl (C=O) groups excluding carboxylic acids is 1. The van der Waals surface area contributed by atoms with Crippen molar-refractivity contribution in [2.24, 2.45) is 0 Å². The van der Waals surface area contributed by atoms with E-state index in [-0.39, 0.29) is 29.0 Å². The van der Waals surface area contributed by atoms with Gasteiger partial charge < -0.3 is 5.32 Å².